The molecule has 0 spiro atoms. The van der Waals surface area contributed by atoms with E-state index in [0.717, 1.165) is 23.6 Å². The molecule has 1 aromatic heterocycles. The van der Waals surface area contributed by atoms with E-state index in [4.69, 9.17) is 4.99 Å². The van der Waals surface area contributed by atoms with Crippen LogP contribution in [-0.4, -0.2) is 21.9 Å². The van der Waals surface area contributed by atoms with Crippen LogP contribution in [0, 0.1) is 16.0 Å². The summed E-state index contributed by atoms with van der Waals surface area (Å²) in [6.45, 7) is 3.33. The van der Waals surface area contributed by atoms with Gasteiger partial charge in [-0.05, 0) is 36.5 Å². The third kappa shape index (κ3) is 5.77. The van der Waals surface area contributed by atoms with Crippen LogP contribution in [0.2, 0.25) is 0 Å². The van der Waals surface area contributed by atoms with Gasteiger partial charge in [-0.1, -0.05) is 38.0 Å². The summed E-state index contributed by atoms with van der Waals surface area (Å²) in [4.78, 5) is 19.5. The van der Waals surface area contributed by atoms with Crippen molar-refractivity contribution in [3.8, 4) is 0 Å². The van der Waals surface area contributed by atoms with E-state index in [1.165, 1.54) is 31.4 Å². The number of hydrogen-bond donors (Lipinski definition) is 2. The van der Waals surface area contributed by atoms with Crippen molar-refractivity contribution in [2.75, 3.05) is 0 Å². The van der Waals surface area contributed by atoms with Crippen molar-refractivity contribution < 1.29 is 4.92 Å². The van der Waals surface area contributed by atoms with Gasteiger partial charge in [-0.2, -0.15) is 0 Å². The molecule has 1 aliphatic carbocycles. The number of guanidine groups is 1. The van der Waals surface area contributed by atoms with E-state index in [1.54, 1.807) is 18.3 Å². The molecule has 2 N–H and O–H groups in total. The van der Waals surface area contributed by atoms with E-state index in [2.05, 4.69) is 22.5 Å². The zero-order chi connectivity index (χ0) is 19.8. The lowest BCUT2D eigenvalue weighted by Crippen LogP contribution is -2.47. The van der Waals surface area contributed by atoms with Gasteiger partial charge in [0.1, 0.15) is 0 Å². The van der Waals surface area contributed by atoms with Crippen LogP contribution in [-0.2, 0) is 13.1 Å². The van der Waals surface area contributed by atoms with Crippen LogP contribution in [0.15, 0.2) is 53.7 Å². The molecule has 1 fully saturated rings. The van der Waals surface area contributed by atoms with E-state index in [-0.39, 0.29) is 10.6 Å². The average Bonchev–Trinajstić information content (AvgIpc) is 2.72. The average molecular weight is 381 g/mol. The van der Waals surface area contributed by atoms with E-state index < -0.39 is 0 Å². The highest BCUT2D eigenvalue weighted by Gasteiger charge is 2.22. The maximum Gasteiger partial charge on any atom is 0.269 e. The first-order valence-electron chi connectivity index (χ1n) is 9.80. The van der Waals surface area contributed by atoms with Crippen molar-refractivity contribution in [3.63, 3.8) is 0 Å². The molecule has 3 rings (SSSR count). The number of nitrogens with one attached hydrogen (secondary N) is 2. The monoisotopic (exact) mass is 381 g/mol. The van der Waals surface area contributed by atoms with Crippen LogP contribution in [0.25, 0.3) is 0 Å². The lowest BCUT2D eigenvalue weighted by atomic mass is 9.86. The van der Waals surface area contributed by atoms with Gasteiger partial charge in [0.25, 0.3) is 5.69 Å². The predicted octanol–water partition coefficient (Wildman–Crippen LogP) is 3.80. The lowest BCUT2D eigenvalue weighted by Gasteiger charge is -2.31. The number of hydrogen-bond acceptors (Lipinski definition) is 4. The van der Waals surface area contributed by atoms with Gasteiger partial charge in [-0.15, -0.1) is 0 Å². The predicted molar refractivity (Wildman–Crippen MR) is 110 cm³/mol. The Morgan fingerprint density at radius 1 is 1.21 bits per heavy atom. The Bertz CT molecular complexity index is 792. The molecule has 2 aromatic rings. The van der Waals surface area contributed by atoms with Crippen LogP contribution in [0.3, 0.4) is 0 Å². The number of aromatic nitrogens is 1. The van der Waals surface area contributed by atoms with Gasteiger partial charge in [0.05, 0.1) is 23.7 Å². The summed E-state index contributed by atoms with van der Waals surface area (Å²) >= 11 is 0. The first kappa shape index (κ1) is 19.8. The smallest absolute Gasteiger partial charge is 0.269 e. The van der Waals surface area contributed by atoms with Gasteiger partial charge in [0.15, 0.2) is 5.96 Å². The minimum Gasteiger partial charge on any atom is -0.353 e. The van der Waals surface area contributed by atoms with Gasteiger partial charge < -0.3 is 10.6 Å². The van der Waals surface area contributed by atoms with Gasteiger partial charge in [0.2, 0.25) is 0 Å². The fourth-order valence-corrected chi connectivity index (χ4v) is 3.43. The molecule has 0 aliphatic heterocycles. The van der Waals surface area contributed by atoms with E-state index in [0.29, 0.717) is 25.0 Å². The first-order chi connectivity index (χ1) is 13.6. The van der Waals surface area contributed by atoms with Crippen molar-refractivity contribution in [3.05, 3.63) is 70.0 Å². The fraction of sp³-hybridized carbons (Fsp3) is 0.429. The SMILES string of the molecule is CC1CCCCC1NC(=NCc1ccc([N+](=O)[O-])cc1)NCc1ccccn1. The molecule has 148 valence electrons. The maximum atomic E-state index is 10.8. The Hall–Kier alpha value is -2.96. The summed E-state index contributed by atoms with van der Waals surface area (Å²) in [5, 5.41) is 17.8. The molecule has 0 radical (unpaired) electrons. The van der Waals surface area contributed by atoms with Crippen molar-refractivity contribution in [1.29, 1.82) is 0 Å². The topological polar surface area (TPSA) is 92.5 Å². The molecule has 0 saturated heterocycles. The summed E-state index contributed by atoms with van der Waals surface area (Å²) in [6.07, 6.45) is 6.67. The number of nitro groups is 1. The van der Waals surface area contributed by atoms with E-state index >= 15 is 0 Å². The molecular formula is C21H27N5O2. The van der Waals surface area contributed by atoms with Gasteiger partial charge in [-0.25, -0.2) is 4.99 Å². The quantitative estimate of drug-likeness (QED) is 0.344. The van der Waals surface area contributed by atoms with Gasteiger partial charge in [0, 0.05) is 24.4 Å². The number of pyridine rings is 1. The highest BCUT2D eigenvalue weighted by molar-refractivity contribution is 5.80. The maximum absolute atomic E-state index is 10.8. The van der Waals surface area contributed by atoms with E-state index in [9.17, 15) is 10.1 Å². The number of nitrogens with zero attached hydrogens (tertiary/aromatic N) is 3. The number of non-ortho nitro benzene ring substituents is 1. The summed E-state index contributed by atoms with van der Waals surface area (Å²) in [5.74, 6) is 1.36. The van der Waals surface area contributed by atoms with Crippen molar-refractivity contribution in [2.45, 2.75) is 51.7 Å². The Kier molecular flexibility index (Phi) is 6.94. The fourth-order valence-electron chi connectivity index (χ4n) is 3.43. The Morgan fingerprint density at radius 2 is 2.00 bits per heavy atom. The third-order valence-corrected chi connectivity index (χ3v) is 5.16. The number of aliphatic imine (C=N–C) groups is 1. The summed E-state index contributed by atoms with van der Waals surface area (Å²) in [6, 6.07) is 12.8. The molecule has 1 heterocycles. The number of nitro benzene ring substituents is 1. The Balaban J connectivity index is 1.68. The van der Waals surface area contributed by atoms with Crippen LogP contribution in [0.4, 0.5) is 5.69 Å². The van der Waals surface area contributed by atoms with Crippen LogP contribution in [0.1, 0.15) is 43.9 Å². The van der Waals surface area contributed by atoms with Crippen molar-refractivity contribution >= 4 is 11.6 Å². The number of benzene rings is 1. The molecule has 1 saturated carbocycles. The molecule has 1 aliphatic rings. The third-order valence-electron chi connectivity index (χ3n) is 5.16. The van der Waals surface area contributed by atoms with Crippen LogP contribution < -0.4 is 10.6 Å². The molecule has 7 heteroatoms. The highest BCUT2D eigenvalue weighted by atomic mass is 16.6. The second kappa shape index (κ2) is 9.82. The summed E-state index contributed by atoms with van der Waals surface area (Å²) in [5.41, 5.74) is 1.97. The van der Waals surface area contributed by atoms with Crippen LogP contribution >= 0.6 is 0 Å². The standard InChI is InChI=1S/C21H27N5O2/c1-16-6-2-3-8-20(16)25-21(24-15-18-7-4-5-13-22-18)23-14-17-9-11-19(12-10-17)26(27)28/h4-5,7,9-13,16,20H,2-3,6,8,14-15H2,1H3,(H2,23,24,25). The lowest BCUT2D eigenvalue weighted by molar-refractivity contribution is -0.384. The van der Waals surface area contributed by atoms with Crippen molar-refractivity contribution in [1.82, 2.24) is 15.6 Å². The number of rotatable bonds is 6. The Labute approximate surface area is 165 Å². The molecule has 0 amide bonds. The minimum atomic E-state index is -0.390. The molecular weight excluding hydrogens is 354 g/mol. The van der Waals surface area contributed by atoms with Gasteiger partial charge in [-0.3, -0.25) is 15.1 Å². The Morgan fingerprint density at radius 3 is 2.68 bits per heavy atom. The zero-order valence-electron chi connectivity index (χ0n) is 16.2. The second-order valence-corrected chi connectivity index (χ2v) is 7.28. The first-order valence-corrected chi connectivity index (χ1v) is 9.80. The molecule has 1 aromatic carbocycles. The second-order valence-electron chi connectivity index (χ2n) is 7.28. The molecule has 2 atom stereocenters. The normalized spacial score (nSPS) is 19.8. The minimum absolute atomic E-state index is 0.0929. The summed E-state index contributed by atoms with van der Waals surface area (Å²) in [7, 11) is 0. The zero-order valence-corrected chi connectivity index (χ0v) is 16.2. The summed E-state index contributed by atoms with van der Waals surface area (Å²) < 4.78 is 0. The van der Waals surface area contributed by atoms with E-state index in [1.807, 2.05) is 18.2 Å². The van der Waals surface area contributed by atoms with Crippen molar-refractivity contribution in [2.24, 2.45) is 10.9 Å². The molecule has 28 heavy (non-hydrogen) atoms. The molecule has 2 unspecified atom stereocenters. The van der Waals surface area contributed by atoms with Gasteiger partial charge >= 0.3 is 0 Å². The van der Waals surface area contributed by atoms with Crippen LogP contribution in [0.5, 0.6) is 0 Å². The molecule has 7 nitrogen and oxygen atoms in total. The largest absolute Gasteiger partial charge is 0.353 e. The molecule has 0 bridgehead atoms. The highest BCUT2D eigenvalue weighted by Crippen LogP contribution is 2.23.